The van der Waals surface area contributed by atoms with Crippen LogP contribution >= 0.6 is 11.6 Å². The molecule has 1 fully saturated rings. The third-order valence-electron chi connectivity index (χ3n) is 4.21. The predicted molar refractivity (Wildman–Crippen MR) is 74.9 cm³/mol. The van der Waals surface area contributed by atoms with E-state index in [-0.39, 0.29) is 29.4 Å². The molecule has 0 spiro atoms. The van der Waals surface area contributed by atoms with Crippen molar-refractivity contribution in [2.75, 3.05) is 13.1 Å². The minimum absolute atomic E-state index is 0.105. The summed E-state index contributed by atoms with van der Waals surface area (Å²) in [6.45, 7) is 5.64. The van der Waals surface area contributed by atoms with Gasteiger partial charge in [0.1, 0.15) is 11.6 Å². The molecule has 1 aliphatic rings. The summed E-state index contributed by atoms with van der Waals surface area (Å²) in [6.07, 6.45) is 0.942. The lowest BCUT2D eigenvalue weighted by atomic mass is 9.71. The van der Waals surface area contributed by atoms with Gasteiger partial charge in [-0.25, -0.2) is 4.39 Å². The molecule has 19 heavy (non-hydrogen) atoms. The summed E-state index contributed by atoms with van der Waals surface area (Å²) in [4.78, 5) is 12.6. The molecule has 0 amide bonds. The van der Waals surface area contributed by atoms with E-state index in [9.17, 15) is 9.18 Å². The summed E-state index contributed by atoms with van der Waals surface area (Å²) in [7, 11) is 0. The molecule has 1 saturated heterocycles. The predicted octanol–water partition coefficient (Wildman–Crippen LogP) is 3.23. The van der Waals surface area contributed by atoms with Gasteiger partial charge in [0.05, 0.1) is 0 Å². The fraction of sp³-hybridized carbons (Fsp3) is 0.533. The monoisotopic (exact) mass is 283 g/mol. The third-order valence-corrected chi connectivity index (χ3v) is 4.44. The van der Waals surface area contributed by atoms with Crippen molar-refractivity contribution in [2.45, 2.75) is 26.7 Å². The number of rotatable bonds is 4. The molecule has 1 aliphatic heterocycles. The van der Waals surface area contributed by atoms with Gasteiger partial charge in [0.25, 0.3) is 0 Å². The molecule has 0 aromatic heterocycles. The van der Waals surface area contributed by atoms with Gasteiger partial charge in [0.2, 0.25) is 0 Å². The number of ketones is 1. The zero-order valence-corrected chi connectivity index (χ0v) is 12.1. The van der Waals surface area contributed by atoms with Gasteiger partial charge in [0.15, 0.2) is 0 Å². The highest BCUT2D eigenvalue weighted by Crippen LogP contribution is 2.36. The van der Waals surface area contributed by atoms with Crippen LogP contribution in [-0.4, -0.2) is 18.9 Å². The molecule has 104 valence electrons. The van der Waals surface area contributed by atoms with Crippen molar-refractivity contribution in [1.82, 2.24) is 5.32 Å². The highest BCUT2D eigenvalue weighted by molar-refractivity contribution is 6.30. The summed E-state index contributed by atoms with van der Waals surface area (Å²) < 4.78 is 13.7. The molecule has 4 heteroatoms. The Morgan fingerprint density at radius 1 is 1.53 bits per heavy atom. The number of carbonyl (C=O) groups excluding carboxylic acids is 1. The number of carbonyl (C=O) groups is 1. The highest BCUT2D eigenvalue weighted by Gasteiger charge is 2.43. The van der Waals surface area contributed by atoms with Gasteiger partial charge in [-0.1, -0.05) is 25.4 Å². The molecule has 1 N–H and O–H groups in total. The van der Waals surface area contributed by atoms with Gasteiger partial charge in [-0.2, -0.15) is 0 Å². The molecule has 1 unspecified atom stereocenters. The first kappa shape index (κ1) is 14.5. The van der Waals surface area contributed by atoms with Crippen LogP contribution in [0.2, 0.25) is 5.02 Å². The van der Waals surface area contributed by atoms with Crippen molar-refractivity contribution < 1.29 is 9.18 Å². The maximum atomic E-state index is 13.7. The van der Waals surface area contributed by atoms with Crippen molar-refractivity contribution in [2.24, 2.45) is 11.3 Å². The smallest absolute Gasteiger partial charge is 0.145 e. The molecule has 1 atom stereocenters. The average molecular weight is 284 g/mol. The number of benzene rings is 1. The minimum atomic E-state index is -0.366. The van der Waals surface area contributed by atoms with Crippen LogP contribution < -0.4 is 5.32 Å². The lowest BCUT2D eigenvalue weighted by molar-refractivity contribution is -0.129. The van der Waals surface area contributed by atoms with Gasteiger partial charge in [-0.05, 0) is 42.6 Å². The van der Waals surface area contributed by atoms with Crippen molar-refractivity contribution in [3.63, 3.8) is 0 Å². The zero-order valence-electron chi connectivity index (χ0n) is 11.3. The van der Waals surface area contributed by atoms with Crippen molar-refractivity contribution >= 4 is 17.4 Å². The standard InChI is InChI=1S/C15H19ClFNO/c1-10(2)15(5-6-18-9-15)14(19)8-11-7-12(16)3-4-13(11)17/h3-4,7,10,18H,5-6,8-9H2,1-2H3. The Bertz CT molecular complexity index is 481. The Hall–Kier alpha value is -0.930. The van der Waals surface area contributed by atoms with Crippen LogP contribution in [0.15, 0.2) is 18.2 Å². The van der Waals surface area contributed by atoms with Crippen molar-refractivity contribution in [3.05, 3.63) is 34.6 Å². The molecule has 2 nitrogen and oxygen atoms in total. The van der Waals surface area contributed by atoms with E-state index in [2.05, 4.69) is 19.2 Å². The number of nitrogens with one attached hydrogen (secondary N) is 1. The Labute approximate surface area is 118 Å². The maximum absolute atomic E-state index is 13.7. The molecule has 0 aliphatic carbocycles. The quantitative estimate of drug-likeness (QED) is 0.919. The van der Waals surface area contributed by atoms with E-state index < -0.39 is 0 Å². The number of halogens is 2. The van der Waals surface area contributed by atoms with E-state index in [0.29, 0.717) is 17.1 Å². The lowest BCUT2D eigenvalue weighted by Crippen LogP contribution is -2.39. The van der Waals surface area contributed by atoms with Crippen LogP contribution in [0, 0.1) is 17.2 Å². The van der Waals surface area contributed by atoms with Crippen molar-refractivity contribution in [1.29, 1.82) is 0 Å². The molecule has 0 radical (unpaired) electrons. The second-order valence-corrected chi connectivity index (χ2v) is 6.01. The second kappa shape index (κ2) is 5.59. The molecular formula is C15H19ClFNO. The maximum Gasteiger partial charge on any atom is 0.145 e. The van der Waals surface area contributed by atoms with E-state index in [1.807, 2.05) is 0 Å². The first-order valence-electron chi connectivity index (χ1n) is 6.63. The SMILES string of the molecule is CC(C)C1(C(=O)Cc2cc(Cl)ccc2F)CCNC1. The molecule has 0 bridgehead atoms. The summed E-state index contributed by atoms with van der Waals surface area (Å²) in [5, 5.41) is 3.71. The van der Waals surface area contributed by atoms with Gasteiger partial charge >= 0.3 is 0 Å². The van der Waals surface area contributed by atoms with Crippen LogP contribution in [0.25, 0.3) is 0 Å². The normalized spacial score (nSPS) is 23.0. The van der Waals surface area contributed by atoms with Gasteiger partial charge in [-0.15, -0.1) is 0 Å². The van der Waals surface area contributed by atoms with Crippen LogP contribution in [-0.2, 0) is 11.2 Å². The van der Waals surface area contributed by atoms with Gasteiger partial charge < -0.3 is 5.32 Å². The molecule has 1 heterocycles. The molecule has 0 saturated carbocycles. The molecule has 1 aromatic rings. The highest BCUT2D eigenvalue weighted by atomic mass is 35.5. The Morgan fingerprint density at radius 2 is 2.26 bits per heavy atom. The summed E-state index contributed by atoms with van der Waals surface area (Å²) >= 11 is 5.87. The molecule has 1 aromatic carbocycles. The zero-order chi connectivity index (χ0) is 14.0. The van der Waals surface area contributed by atoms with E-state index in [1.165, 1.54) is 12.1 Å². The number of hydrogen-bond acceptors (Lipinski definition) is 2. The van der Waals surface area contributed by atoms with E-state index in [0.717, 1.165) is 13.0 Å². The Morgan fingerprint density at radius 3 is 2.84 bits per heavy atom. The Kier molecular flexibility index (Phi) is 4.26. The fourth-order valence-corrected chi connectivity index (χ4v) is 2.99. The summed E-state index contributed by atoms with van der Waals surface area (Å²) in [5.74, 6) is -0.00600. The second-order valence-electron chi connectivity index (χ2n) is 5.57. The number of Topliss-reactive ketones (excluding diaryl/α,β-unsaturated/α-hetero) is 1. The average Bonchev–Trinajstić information content (AvgIpc) is 2.84. The third kappa shape index (κ3) is 2.82. The van der Waals surface area contributed by atoms with Gasteiger partial charge in [-0.3, -0.25) is 4.79 Å². The fourth-order valence-electron chi connectivity index (χ4n) is 2.79. The molecule has 2 rings (SSSR count). The van der Waals surface area contributed by atoms with E-state index >= 15 is 0 Å². The van der Waals surface area contributed by atoms with Crippen molar-refractivity contribution in [3.8, 4) is 0 Å². The Balaban J connectivity index is 2.22. The topological polar surface area (TPSA) is 29.1 Å². The largest absolute Gasteiger partial charge is 0.316 e. The van der Waals surface area contributed by atoms with E-state index in [1.54, 1.807) is 6.07 Å². The number of hydrogen-bond donors (Lipinski definition) is 1. The van der Waals surface area contributed by atoms with Crippen LogP contribution in [0.3, 0.4) is 0 Å². The van der Waals surface area contributed by atoms with Crippen LogP contribution in [0.5, 0.6) is 0 Å². The summed E-state index contributed by atoms with van der Waals surface area (Å²) in [5.41, 5.74) is 0.0267. The van der Waals surface area contributed by atoms with Crippen LogP contribution in [0.1, 0.15) is 25.8 Å². The lowest BCUT2D eigenvalue weighted by Gasteiger charge is -2.31. The summed E-state index contributed by atoms with van der Waals surface area (Å²) in [6, 6.07) is 4.37. The molecular weight excluding hydrogens is 265 g/mol. The first-order valence-corrected chi connectivity index (χ1v) is 7.01. The van der Waals surface area contributed by atoms with Crippen LogP contribution in [0.4, 0.5) is 4.39 Å². The minimum Gasteiger partial charge on any atom is -0.316 e. The van der Waals surface area contributed by atoms with E-state index in [4.69, 9.17) is 11.6 Å². The first-order chi connectivity index (χ1) is 8.95. The van der Waals surface area contributed by atoms with Gasteiger partial charge in [0, 0.05) is 23.4 Å².